The lowest BCUT2D eigenvalue weighted by atomic mass is 9.79. The molecule has 0 fully saturated rings. The largest absolute Gasteiger partial charge is 0.399 e. The summed E-state index contributed by atoms with van der Waals surface area (Å²) in [5, 5.41) is 12.6. The molecule has 15 heteroatoms. The van der Waals surface area contributed by atoms with E-state index in [0.717, 1.165) is 85.9 Å². The van der Waals surface area contributed by atoms with Gasteiger partial charge in [-0.3, -0.25) is 58.0 Å². The first-order valence-electron chi connectivity index (χ1n) is 37.2. The molecule has 0 aliphatic carbocycles. The molecule has 4 aliphatic rings. The molecule has 4 N–H and O–H groups in total. The summed E-state index contributed by atoms with van der Waals surface area (Å²) in [6.45, 7) is 32.7. The number of amides is 8. The Morgan fingerprint density at radius 2 is 0.533 bits per heavy atom. The van der Waals surface area contributed by atoms with Crippen molar-refractivity contribution in [2.24, 2.45) is 47.3 Å². The van der Waals surface area contributed by atoms with Crippen molar-refractivity contribution >= 4 is 161 Å². The van der Waals surface area contributed by atoms with Crippen LogP contribution >= 0.6 is 15.9 Å². The van der Waals surface area contributed by atoms with Gasteiger partial charge in [-0.25, -0.2) is 0 Å². The van der Waals surface area contributed by atoms with E-state index in [1.165, 1.54) is 19.6 Å². The maximum atomic E-state index is 14.6. The van der Waals surface area contributed by atoms with Gasteiger partial charge in [0.25, 0.3) is 47.3 Å². The zero-order valence-corrected chi connectivity index (χ0v) is 64.9. The summed E-state index contributed by atoms with van der Waals surface area (Å²) in [5.41, 5.74) is 19.0. The molecule has 8 amide bonds. The maximum Gasteiger partial charge on any atom is 0.261 e. The topological polar surface area (TPSA) is 202 Å². The fraction of sp³-hybridized carbons (Fsp3) is 0.304. The van der Waals surface area contributed by atoms with Gasteiger partial charge in [0, 0.05) is 144 Å². The van der Waals surface area contributed by atoms with Gasteiger partial charge in [0.1, 0.15) is 0 Å². The van der Waals surface area contributed by atoms with Gasteiger partial charge in [0.05, 0.1) is 0 Å². The van der Waals surface area contributed by atoms with Crippen LogP contribution < -0.4 is 11.5 Å². The van der Waals surface area contributed by atoms with Crippen molar-refractivity contribution < 1.29 is 38.4 Å². The molecule has 12 aromatic rings. The van der Waals surface area contributed by atoms with Crippen molar-refractivity contribution in [3.05, 3.63) is 199 Å². The third kappa shape index (κ3) is 11.3. The first kappa shape index (κ1) is 72.9. The van der Waals surface area contributed by atoms with E-state index in [0.29, 0.717) is 77.3 Å². The molecule has 0 saturated carbocycles. The molecule has 4 aliphatic heterocycles. The highest BCUT2D eigenvalue weighted by Gasteiger charge is 2.46. The van der Waals surface area contributed by atoms with Gasteiger partial charge in [-0.15, -0.1) is 6.42 Å². The fourth-order valence-electron chi connectivity index (χ4n) is 18.7. The molecule has 0 spiro atoms. The molecular formula is C92H87BrN6O8. The molecule has 540 valence electrons. The summed E-state index contributed by atoms with van der Waals surface area (Å²) in [7, 11) is 0. The van der Waals surface area contributed by atoms with E-state index in [-0.39, 0.29) is 119 Å². The second kappa shape index (κ2) is 27.1. The van der Waals surface area contributed by atoms with Crippen molar-refractivity contribution in [3.8, 4) is 24.2 Å². The average Bonchev–Trinajstić information content (AvgIpc) is 0.689. The summed E-state index contributed by atoms with van der Waals surface area (Å²) in [5.74, 6) is 7.55. The summed E-state index contributed by atoms with van der Waals surface area (Å²) < 4.78 is 0.734. The normalized spacial score (nSPS) is 14.5. The van der Waals surface area contributed by atoms with Gasteiger partial charge >= 0.3 is 0 Å². The maximum absolute atomic E-state index is 14.6. The van der Waals surface area contributed by atoms with Crippen LogP contribution in [0.4, 0.5) is 11.4 Å². The lowest BCUT2D eigenvalue weighted by Gasteiger charge is -2.39. The van der Waals surface area contributed by atoms with Crippen LogP contribution in [-0.2, 0) is 0 Å². The second-order valence-corrected chi connectivity index (χ2v) is 32.9. The summed E-state index contributed by atoms with van der Waals surface area (Å²) in [4.78, 5) is 120. The Morgan fingerprint density at radius 3 is 0.841 bits per heavy atom. The minimum atomic E-state index is -0.327. The van der Waals surface area contributed by atoms with Gasteiger partial charge in [-0.1, -0.05) is 181 Å². The SMILES string of the molecule is C#Cc1ccc(N)cc1.CC(C)C(C(C)C)N1C(=O)c2ccc3c4ccc5c6c(cc(Br)c(c7ccc(c2c37)C1=O)c64)C(=O)N(C(C(C)C)C(C)C)C5=O.CC(C)C(C(C)C)N1C(=O)c2ccc3c4ccc5c6c(cc(C#Cc7ccc(N)cc7)c(c7ccc(c2c37)C1=O)c64)C(=O)N(C(C(C)C)C(C)C)C5=O. The van der Waals surface area contributed by atoms with Crippen molar-refractivity contribution in [2.45, 2.75) is 135 Å². The molecule has 16 rings (SSSR count). The molecule has 4 heterocycles. The lowest BCUT2D eigenvalue weighted by molar-refractivity contribution is 0.0423. The Labute approximate surface area is 631 Å². The standard InChI is InChI=1S/C46H43N3O4.C38H37BrN2O4.C8H7N/c1-22(2)41(23(3)4)48-43(50)32-18-15-29-30-16-19-34-39-35(46(53)49(45(34)52)42(24(5)6)25(7)8)21-27(12-9-26-10-13-28(47)14-11-26)36(40(30)39)31-17-20-33(44(48)51)38(32)37(29)31;1-16(2)33(17(3)4)40-35(42)23-12-9-20-21-10-13-25-30-26(38(45)41(37(25)44)34(18(5)6)19(7)8)15-27(39)31(32(21)30)22-11-14-24(36(40)43)29(23)28(20)22;1-2-7-3-5-8(9)6-4-7/h10-11,13-25,41-42H,47H2,1-8H3;9-19,33-34H,1-8H3;1,3-6H,9H2. The van der Waals surface area contributed by atoms with E-state index in [1.807, 2.05) is 220 Å². The number of fused-ring (bicyclic) bond motifs is 4. The molecule has 12 aromatic carbocycles. The summed E-state index contributed by atoms with van der Waals surface area (Å²) in [6, 6.07) is 39.9. The van der Waals surface area contributed by atoms with Crippen molar-refractivity contribution in [1.29, 1.82) is 0 Å². The first-order valence-corrected chi connectivity index (χ1v) is 38.0. The molecular weight excluding hydrogens is 1400 g/mol. The fourth-order valence-corrected chi connectivity index (χ4v) is 19.3. The highest BCUT2D eigenvalue weighted by Crippen LogP contribution is 2.52. The zero-order chi connectivity index (χ0) is 76.9. The number of imide groups is 4. The van der Waals surface area contributed by atoms with Crippen LogP contribution in [0, 0.1) is 71.5 Å². The Bertz CT molecular complexity index is 5890. The number of hydrogen-bond donors (Lipinski definition) is 2. The molecule has 0 saturated heterocycles. The second-order valence-electron chi connectivity index (χ2n) is 32.1. The molecule has 0 bridgehead atoms. The van der Waals surface area contributed by atoms with E-state index >= 15 is 0 Å². The predicted molar refractivity (Wildman–Crippen MR) is 434 cm³/mol. The van der Waals surface area contributed by atoms with Crippen LogP contribution in [-0.4, -0.2) is 91.0 Å². The smallest absolute Gasteiger partial charge is 0.261 e. The average molecular weight is 1480 g/mol. The molecule has 0 unspecified atom stereocenters. The highest BCUT2D eigenvalue weighted by molar-refractivity contribution is 9.10. The van der Waals surface area contributed by atoms with Crippen LogP contribution in [0.5, 0.6) is 0 Å². The molecule has 0 atom stereocenters. The number of nitrogens with two attached hydrogens (primary N) is 2. The number of hydrogen-bond acceptors (Lipinski definition) is 10. The Balaban J connectivity index is 0.000000162. The predicted octanol–water partition coefficient (Wildman–Crippen LogP) is 19.6. The van der Waals surface area contributed by atoms with Gasteiger partial charge in [-0.2, -0.15) is 0 Å². The number of nitrogens with zero attached hydrogens (tertiary/aromatic N) is 4. The van der Waals surface area contributed by atoms with Crippen LogP contribution in [0.3, 0.4) is 0 Å². The van der Waals surface area contributed by atoms with Gasteiger partial charge in [0.15, 0.2) is 0 Å². The van der Waals surface area contributed by atoms with Gasteiger partial charge < -0.3 is 11.5 Å². The number of benzene rings is 12. The van der Waals surface area contributed by atoms with E-state index < -0.39 is 0 Å². The zero-order valence-electron chi connectivity index (χ0n) is 63.3. The number of carbonyl (C=O) groups is 8. The van der Waals surface area contributed by atoms with Crippen LogP contribution in [0.15, 0.2) is 138 Å². The summed E-state index contributed by atoms with van der Waals surface area (Å²) >= 11 is 3.81. The highest BCUT2D eigenvalue weighted by atomic mass is 79.9. The minimum absolute atomic E-state index is 0.0475. The van der Waals surface area contributed by atoms with Crippen LogP contribution in [0.1, 0.15) is 210 Å². The van der Waals surface area contributed by atoms with E-state index in [9.17, 15) is 38.4 Å². The number of anilines is 2. The number of carbonyl (C=O) groups excluding carboxylic acids is 8. The minimum Gasteiger partial charge on any atom is -0.399 e. The van der Waals surface area contributed by atoms with Crippen LogP contribution in [0.25, 0.3) is 86.2 Å². The van der Waals surface area contributed by atoms with E-state index in [2.05, 4.69) is 33.7 Å². The van der Waals surface area contributed by atoms with Crippen molar-refractivity contribution in [3.63, 3.8) is 0 Å². The third-order valence-corrected chi connectivity index (χ3v) is 23.2. The van der Waals surface area contributed by atoms with Gasteiger partial charge in [-0.05, 0) is 187 Å². The van der Waals surface area contributed by atoms with E-state index in [4.69, 9.17) is 17.9 Å². The number of rotatable bonds is 12. The molecule has 0 radical (unpaired) electrons. The quantitative estimate of drug-likeness (QED) is 0.0390. The monoisotopic (exact) mass is 1480 g/mol. The van der Waals surface area contributed by atoms with Crippen LogP contribution in [0.2, 0.25) is 0 Å². The molecule has 107 heavy (non-hydrogen) atoms. The summed E-state index contributed by atoms with van der Waals surface area (Å²) in [6.07, 6.45) is 5.11. The van der Waals surface area contributed by atoms with Crippen molar-refractivity contribution in [1.82, 2.24) is 19.6 Å². The number of halogens is 1. The molecule has 0 aromatic heterocycles. The Kier molecular flexibility index (Phi) is 18.5. The Morgan fingerprint density at radius 1 is 0.280 bits per heavy atom. The lowest BCUT2D eigenvalue weighted by Crippen LogP contribution is -2.51. The number of nitrogen functional groups attached to an aromatic ring is 2. The van der Waals surface area contributed by atoms with Crippen molar-refractivity contribution in [2.75, 3.05) is 11.5 Å². The molecule has 14 nitrogen and oxygen atoms in total. The van der Waals surface area contributed by atoms with Gasteiger partial charge in [0.2, 0.25) is 0 Å². The van der Waals surface area contributed by atoms with E-state index in [1.54, 1.807) is 24.3 Å². The third-order valence-electron chi connectivity index (χ3n) is 22.5. The number of terminal acetylenes is 1. The first-order chi connectivity index (χ1) is 50.8. The Hall–Kier alpha value is -11.0.